The fraction of sp³-hybridized carbons (Fsp3) is 1.00. The minimum atomic E-state index is 0.596. The molecule has 0 bridgehead atoms. The molecule has 0 aromatic rings. The summed E-state index contributed by atoms with van der Waals surface area (Å²) in [5, 5.41) is 0. The highest BCUT2D eigenvalue weighted by molar-refractivity contribution is 4.90. The molecule has 0 aliphatic heterocycles. The number of hydrogen-bond acceptors (Lipinski definition) is 0. The summed E-state index contributed by atoms with van der Waals surface area (Å²) < 4.78 is 0. The summed E-state index contributed by atoms with van der Waals surface area (Å²) in [4.78, 5) is 0. The molecule has 0 spiro atoms. The van der Waals surface area contributed by atoms with Crippen molar-refractivity contribution in [2.45, 2.75) is 91.9 Å². The highest BCUT2D eigenvalue weighted by Gasteiger charge is 2.39. The molecule has 2 unspecified atom stereocenters. The molecule has 0 heteroatoms. The maximum atomic E-state index is 2.54. The van der Waals surface area contributed by atoms with E-state index in [1.807, 2.05) is 0 Å². The highest BCUT2D eigenvalue weighted by atomic mass is 14.4. The van der Waals surface area contributed by atoms with Gasteiger partial charge in [-0.15, -0.1) is 0 Å². The molecule has 106 valence electrons. The first-order chi connectivity index (χ1) is 8.41. The average molecular weight is 250 g/mol. The molecule has 0 aromatic heterocycles. The maximum absolute atomic E-state index is 2.54. The van der Waals surface area contributed by atoms with Crippen LogP contribution in [-0.4, -0.2) is 0 Å². The lowest BCUT2D eigenvalue weighted by Gasteiger charge is -2.46. The van der Waals surface area contributed by atoms with Crippen LogP contribution in [0, 0.1) is 22.7 Å². The summed E-state index contributed by atoms with van der Waals surface area (Å²) in [6.45, 7) is 10.1. The van der Waals surface area contributed by atoms with Gasteiger partial charge in [-0.25, -0.2) is 0 Å². The van der Waals surface area contributed by atoms with Crippen LogP contribution in [0.5, 0.6) is 0 Å². The van der Waals surface area contributed by atoms with Crippen molar-refractivity contribution in [3.8, 4) is 0 Å². The molecule has 2 aliphatic carbocycles. The Morgan fingerprint density at radius 1 is 0.722 bits per heavy atom. The first-order valence-corrected chi connectivity index (χ1v) is 8.41. The van der Waals surface area contributed by atoms with Gasteiger partial charge in [0.25, 0.3) is 0 Å². The standard InChI is InChI=1S/C18H34/c1-17(2)12-8-5-6-10-15(14-17)16-11-7-9-13-18(16,3)4/h15-16H,5-14H2,1-4H3. The number of rotatable bonds is 1. The lowest BCUT2D eigenvalue weighted by molar-refractivity contribution is 0.0438. The normalized spacial score (nSPS) is 36.7. The van der Waals surface area contributed by atoms with E-state index in [-0.39, 0.29) is 0 Å². The van der Waals surface area contributed by atoms with Crippen LogP contribution >= 0.6 is 0 Å². The molecular formula is C18H34. The van der Waals surface area contributed by atoms with Crippen molar-refractivity contribution in [3.63, 3.8) is 0 Å². The Kier molecular flexibility index (Phi) is 4.44. The van der Waals surface area contributed by atoms with Gasteiger partial charge in [0.05, 0.1) is 0 Å². The Labute approximate surface area is 115 Å². The molecule has 0 saturated heterocycles. The molecule has 0 heterocycles. The number of hydrogen-bond donors (Lipinski definition) is 0. The van der Waals surface area contributed by atoms with E-state index < -0.39 is 0 Å². The van der Waals surface area contributed by atoms with Crippen LogP contribution in [-0.2, 0) is 0 Å². The van der Waals surface area contributed by atoms with Crippen LogP contribution in [0.2, 0.25) is 0 Å². The predicted molar refractivity (Wildman–Crippen MR) is 80.7 cm³/mol. The first kappa shape index (κ1) is 14.4. The Morgan fingerprint density at radius 2 is 1.39 bits per heavy atom. The van der Waals surface area contributed by atoms with Crippen LogP contribution in [0.4, 0.5) is 0 Å². The fourth-order valence-corrected chi connectivity index (χ4v) is 4.84. The summed E-state index contributed by atoms with van der Waals surface area (Å²) in [5.74, 6) is 2.01. The monoisotopic (exact) mass is 250 g/mol. The predicted octanol–water partition coefficient (Wildman–Crippen LogP) is 6.20. The van der Waals surface area contributed by atoms with Crippen molar-refractivity contribution < 1.29 is 0 Å². The Bertz CT molecular complexity index is 261. The third kappa shape index (κ3) is 3.52. The first-order valence-electron chi connectivity index (χ1n) is 8.41. The Hall–Kier alpha value is 0. The van der Waals surface area contributed by atoms with Crippen molar-refractivity contribution in [2.75, 3.05) is 0 Å². The lowest BCUT2D eigenvalue weighted by Crippen LogP contribution is -2.36. The third-order valence-corrected chi connectivity index (χ3v) is 5.90. The zero-order valence-corrected chi connectivity index (χ0v) is 13.2. The zero-order chi connectivity index (χ0) is 13.2. The van der Waals surface area contributed by atoms with E-state index in [0.29, 0.717) is 10.8 Å². The topological polar surface area (TPSA) is 0 Å². The van der Waals surface area contributed by atoms with Crippen molar-refractivity contribution >= 4 is 0 Å². The second kappa shape index (κ2) is 5.55. The van der Waals surface area contributed by atoms with Crippen LogP contribution in [0.1, 0.15) is 91.9 Å². The van der Waals surface area contributed by atoms with Gasteiger partial charge < -0.3 is 0 Å². The molecule has 0 aromatic carbocycles. The summed E-state index contributed by atoms with van der Waals surface area (Å²) >= 11 is 0. The largest absolute Gasteiger partial charge is 0.0599 e. The molecule has 0 N–H and O–H groups in total. The molecule has 2 fully saturated rings. The van der Waals surface area contributed by atoms with E-state index in [1.54, 1.807) is 0 Å². The molecule has 2 saturated carbocycles. The minimum Gasteiger partial charge on any atom is -0.0599 e. The van der Waals surface area contributed by atoms with E-state index in [4.69, 9.17) is 0 Å². The molecule has 18 heavy (non-hydrogen) atoms. The third-order valence-electron chi connectivity index (χ3n) is 5.90. The smallest absolute Gasteiger partial charge is 0.0323 e. The van der Waals surface area contributed by atoms with Crippen molar-refractivity contribution in [1.29, 1.82) is 0 Å². The Balaban J connectivity index is 2.08. The van der Waals surface area contributed by atoms with Gasteiger partial charge >= 0.3 is 0 Å². The van der Waals surface area contributed by atoms with Gasteiger partial charge in [-0.3, -0.25) is 0 Å². The summed E-state index contributed by atoms with van der Waals surface area (Å²) in [6.07, 6.45) is 14.8. The molecule has 0 radical (unpaired) electrons. The van der Waals surface area contributed by atoms with E-state index >= 15 is 0 Å². The van der Waals surface area contributed by atoms with Crippen molar-refractivity contribution in [1.82, 2.24) is 0 Å². The van der Waals surface area contributed by atoms with Crippen molar-refractivity contribution in [2.24, 2.45) is 22.7 Å². The fourth-order valence-electron chi connectivity index (χ4n) is 4.84. The average Bonchev–Trinajstić information content (AvgIpc) is 2.24. The van der Waals surface area contributed by atoms with Gasteiger partial charge in [0, 0.05) is 0 Å². The van der Waals surface area contributed by atoms with E-state index in [9.17, 15) is 0 Å². The minimum absolute atomic E-state index is 0.596. The SMILES string of the molecule is CC1(C)CCCCCC(C2CCCCC2(C)C)C1. The second-order valence-corrected chi connectivity index (χ2v) is 8.57. The van der Waals surface area contributed by atoms with Gasteiger partial charge in [0.2, 0.25) is 0 Å². The van der Waals surface area contributed by atoms with Crippen molar-refractivity contribution in [3.05, 3.63) is 0 Å². The Morgan fingerprint density at radius 3 is 2.11 bits per heavy atom. The van der Waals surface area contributed by atoms with Crippen LogP contribution < -0.4 is 0 Å². The van der Waals surface area contributed by atoms with Gasteiger partial charge in [-0.1, -0.05) is 66.2 Å². The second-order valence-electron chi connectivity index (χ2n) is 8.57. The van der Waals surface area contributed by atoms with Gasteiger partial charge in [0.1, 0.15) is 0 Å². The molecule has 0 nitrogen and oxygen atoms in total. The van der Waals surface area contributed by atoms with E-state index in [0.717, 1.165) is 11.8 Å². The molecular weight excluding hydrogens is 216 g/mol. The summed E-state index contributed by atoms with van der Waals surface area (Å²) in [6, 6.07) is 0. The van der Waals surface area contributed by atoms with E-state index in [2.05, 4.69) is 27.7 Å². The quantitative estimate of drug-likeness (QED) is 0.520. The lowest BCUT2D eigenvalue weighted by atomic mass is 9.59. The summed E-state index contributed by atoms with van der Waals surface area (Å²) in [7, 11) is 0. The van der Waals surface area contributed by atoms with Gasteiger partial charge in [-0.2, -0.15) is 0 Å². The van der Waals surface area contributed by atoms with Gasteiger partial charge in [0.15, 0.2) is 0 Å². The zero-order valence-electron chi connectivity index (χ0n) is 13.2. The highest BCUT2D eigenvalue weighted by Crippen LogP contribution is 2.50. The van der Waals surface area contributed by atoms with Crippen LogP contribution in [0.3, 0.4) is 0 Å². The van der Waals surface area contributed by atoms with Gasteiger partial charge in [-0.05, 0) is 48.3 Å². The van der Waals surface area contributed by atoms with E-state index in [1.165, 1.54) is 64.2 Å². The van der Waals surface area contributed by atoms with Crippen LogP contribution in [0.15, 0.2) is 0 Å². The maximum Gasteiger partial charge on any atom is -0.0323 e. The summed E-state index contributed by atoms with van der Waals surface area (Å²) in [5.41, 5.74) is 1.21. The molecule has 2 aliphatic rings. The molecule has 0 amide bonds. The van der Waals surface area contributed by atoms with Crippen LogP contribution in [0.25, 0.3) is 0 Å². The molecule has 2 rings (SSSR count). The molecule has 2 atom stereocenters.